The summed E-state index contributed by atoms with van der Waals surface area (Å²) in [4.78, 5) is 0. The van der Waals surface area contributed by atoms with Gasteiger partial charge in [0.2, 0.25) is 0 Å². The van der Waals surface area contributed by atoms with E-state index in [1.54, 1.807) is 0 Å². The minimum atomic E-state index is -2.33. The summed E-state index contributed by atoms with van der Waals surface area (Å²) < 4.78 is 79.9. The maximum absolute atomic E-state index is 6.98. The molecule has 0 aromatic heterocycles. The van der Waals surface area contributed by atoms with Crippen LogP contribution in [0.15, 0.2) is 0 Å². The number of rotatable bonds is 8. The summed E-state index contributed by atoms with van der Waals surface area (Å²) >= 11 is 0. The average molecular weight is 908 g/mol. The molecule has 0 aromatic carbocycles. The second-order valence-corrected chi connectivity index (χ2v) is 52.3. The smallest absolute Gasteiger partial charge is 0.316 e. The van der Waals surface area contributed by atoms with Gasteiger partial charge in [-0.15, -0.1) is 0 Å². The lowest BCUT2D eigenvalue weighted by Gasteiger charge is -2.41. The van der Waals surface area contributed by atoms with Crippen LogP contribution >= 0.6 is 0 Å². The number of hydrogen-bond acceptors (Lipinski definition) is 13. The highest BCUT2D eigenvalue weighted by atomic mass is 28.5. The minimum absolute atomic E-state index is 0.940. The molecular formula is C20H66O13Si14. The zero-order chi connectivity index (χ0) is 35.8. The fourth-order valence-corrected chi connectivity index (χ4v) is 61.0. The van der Waals surface area contributed by atoms with Crippen molar-refractivity contribution in [3.05, 3.63) is 0 Å². The number of hydrogen-bond donors (Lipinski definition) is 0. The van der Waals surface area contributed by atoms with Crippen LogP contribution < -0.4 is 0 Å². The largest absolute Gasteiger partial charge is 0.456 e. The molecule has 0 saturated carbocycles. The Morgan fingerprint density at radius 1 is 0.383 bits per heavy atom. The fourth-order valence-electron chi connectivity index (χ4n) is 6.06. The van der Waals surface area contributed by atoms with Crippen molar-refractivity contribution in [2.45, 2.75) is 129 Å². The molecule has 0 radical (unpaired) electrons. The predicted octanol–water partition coefficient (Wildman–Crippen LogP) is 2.29. The van der Waals surface area contributed by atoms with Gasteiger partial charge < -0.3 is 53.5 Å². The van der Waals surface area contributed by atoms with Gasteiger partial charge in [0, 0.05) is 0 Å². The van der Waals surface area contributed by atoms with Crippen LogP contribution in [0.1, 0.15) is 0 Å². The summed E-state index contributed by atoms with van der Waals surface area (Å²) in [5.74, 6) is 0. The maximum atomic E-state index is 6.98. The summed E-state index contributed by atoms with van der Waals surface area (Å²) in [6, 6.07) is 3.94. The molecule has 3 fully saturated rings. The van der Waals surface area contributed by atoms with Gasteiger partial charge in [-0.2, -0.15) is 0 Å². The van der Waals surface area contributed by atoms with E-state index in [2.05, 4.69) is 78.6 Å². The van der Waals surface area contributed by atoms with Gasteiger partial charge in [0.15, 0.2) is 16.6 Å². The van der Waals surface area contributed by atoms with Gasteiger partial charge in [0.25, 0.3) is 92.8 Å². The van der Waals surface area contributed by atoms with Crippen molar-refractivity contribution in [3.63, 3.8) is 0 Å². The molecule has 27 heteroatoms. The van der Waals surface area contributed by atoms with Crippen LogP contribution in [0.3, 0.4) is 0 Å². The monoisotopic (exact) mass is 906 g/mol. The van der Waals surface area contributed by atoms with E-state index in [1.165, 1.54) is 0 Å². The lowest BCUT2D eigenvalue weighted by molar-refractivity contribution is 0.273. The summed E-state index contributed by atoms with van der Waals surface area (Å²) in [6.45, 7) is 34.4. The normalized spacial score (nSPS) is 41.6. The molecule has 47 heavy (non-hydrogen) atoms. The van der Waals surface area contributed by atoms with Gasteiger partial charge in [0.05, 0.1) is 0 Å². The molecule has 0 bridgehead atoms. The molecule has 3 saturated heterocycles. The van der Waals surface area contributed by atoms with E-state index in [-0.39, 0.29) is 0 Å². The molecule has 13 nitrogen and oxygen atoms in total. The third-order valence-electron chi connectivity index (χ3n) is 7.64. The van der Waals surface area contributed by atoms with Crippen molar-refractivity contribution < 1.29 is 53.5 Å². The Morgan fingerprint density at radius 2 is 0.574 bits per heavy atom. The van der Waals surface area contributed by atoms with Gasteiger partial charge in [-0.05, 0) is 129 Å². The minimum Gasteiger partial charge on any atom is -0.456 e. The molecule has 0 N–H and O–H groups in total. The fraction of sp³-hybridized carbons (Fsp3) is 1.00. The van der Waals surface area contributed by atoms with E-state index < -0.39 is 127 Å². The molecule has 3 aliphatic rings. The van der Waals surface area contributed by atoms with Crippen molar-refractivity contribution in [2.24, 2.45) is 0 Å². The summed E-state index contributed by atoms with van der Waals surface area (Å²) in [5, 5.41) is 0. The highest BCUT2D eigenvalue weighted by Gasteiger charge is 2.44. The molecule has 0 aliphatic carbocycles. The van der Waals surface area contributed by atoms with Crippen LogP contribution in [0.25, 0.3) is 0 Å². The first kappa shape index (κ1) is 45.7. The van der Waals surface area contributed by atoms with E-state index in [1.807, 2.05) is 26.2 Å². The van der Waals surface area contributed by atoms with Crippen LogP contribution in [0, 0.1) is 0 Å². The van der Waals surface area contributed by atoms with Gasteiger partial charge in [-0.1, -0.05) is 0 Å². The highest BCUT2D eigenvalue weighted by molar-refractivity contribution is 6.88. The van der Waals surface area contributed by atoms with Crippen molar-refractivity contribution in [3.8, 4) is 0 Å². The summed E-state index contributed by atoms with van der Waals surface area (Å²) in [6.07, 6.45) is 0. The molecule has 0 amide bonds. The Morgan fingerprint density at radius 3 is 0.787 bits per heavy atom. The SMILES string of the molecule is C[SiH]1O[SiH](C)O[SiH](C)O[SiH](C)O1.C[SiH]1O[SiH](C)O[Si](C)(CC[Si](C)(C)O[Si](C)(C)CC[Si]2(C)O[SiH](C)O[SiH](C)O[SiH](C)O2)O[SiH](C)O1. The van der Waals surface area contributed by atoms with E-state index in [0.717, 1.165) is 24.2 Å². The quantitative estimate of drug-likeness (QED) is 0.332. The Hall–Kier alpha value is 2.52. The van der Waals surface area contributed by atoms with E-state index in [0.29, 0.717) is 0 Å². The van der Waals surface area contributed by atoms with Crippen LogP contribution in [0.5, 0.6) is 0 Å². The molecule has 0 aromatic rings. The lowest BCUT2D eigenvalue weighted by Crippen LogP contribution is -2.55. The topological polar surface area (TPSA) is 120 Å². The second kappa shape index (κ2) is 20.3. The third-order valence-corrected chi connectivity index (χ3v) is 56.1. The molecule has 3 rings (SSSR count). The van der Waals surface area contributed by atoms with Crippen LogP contribution in [-0.4, -0.2) is 127 Å². The summed E-state index contributed by atoms with van der Waals surface area (Å²) in [5.41, 5.74) is 0. The van der Waals surface area contributed by atoms with Crippen molar-refractivity contribution in [1.82, 2.24) is 0 Å². The third kappa shape index (κ3) is 18.9. The van der Waals surface area contributed by atoms with Crippen LogP contribution in [0.4, 0.5) is 0 Å². The first-order valence-electron chi connectivity index (χ1n) is 17.1. The Labute approximate surface area is 307 Å². The molecule has 4 unspecified atom stereocenters. The second-order valence-electron chi connectivity index (χ2n) is 14.1. The van der Waals surface area contributed by atoms with Crippen molar-refractivity contribution in [1.29, 1.82) is 0 Å². The molecule has 3 heterocycles. The van der Waals surface area contributed by atoms with Gasteiger partial charge >= 0.3 is 17.1 Å². The first-order chi connectivity index (χ1) is 21.5. The van der Waals surface area contributed by atoms with Gasteiger partial charge in [-0.25, -0.2) is 0 Å². The van der Waals surface area contributed by atoms with Crippen LogP contribution in [0.2, 0.25) is 129 Å². The average Bonchev–Trinajstić information content (AvgIpc) is 2.83. The standard InChI is InChI=1S/C16H50O9Si10.C4H16O4Si4/c1-26-17-28(3)21-34(11,22-29(4)18-26)15-13-32(7,8)25-33(9,10)14-16-35(12)23-30(5)19-27(2)20-31(6)24-35;1-9-5-10(2)7-12(4)8-11(3)6-9/h26-31H,13-16H2,1-12H3;9-12H,1-4H3. The Kier molecular flexibility index (Phi) is 19.7. The first-order valence-corrected chi connectivity index (χ1v) is 49.4. The predicted molar refractivity (Wildman–Crippen MR) is 222 cm³/mol. The summed E-state index contributed by atoms with van der Waals surface area (Å²) in [7, 11) is -24.3. The molecule has 3 aliphatic heterocycles. The van der Waals surface area contributed by atoms with Crippen LogP contribution in [-0.2, 0) is 53.5 Å². The highest BCUT2D eigenvalue weighted by Crippen LogP contribution is 2.32. The maximum Gasteiger partial charge on any atom is 0.316 e. The zero-order valence-electron chi connectivity index (χ0n) is 31.9. The Balaban J connectivity index is 0.000000535. The van der Waals surface area contributed by atoms with E-state index in [9.17, 15) is 0 Å². The molecule has 4 atom stereocenters. The molecular weight excluding hydrogens is 841 g/mol. The van der Waals surface area contributed by atoms with E-state index in [4.69, 9.17) is 53.5 Å². The lowest BCUT2D eigenvalue weighted by atomic mass is 10.9. The van der Waals surface area contributed by atoms with Crippen molar-refractivity contribution >= 4 is 127 Å². The van der Waals surface area contributed by atoms with E-state index >= 15 is 0 Å². The molecule has 0 spiro atoms. The Bertz CT molecular complexity index is 812. The van der Waals surface area contributed by atoms with Crippen molar-refractivity contribution in [2.75, 3.05) is 0 Å². The van der Waals surface area contributed by atoms with Gasteiger partial charge in [0.1, 0.15) is 0 Å². The molecule has 280 valence electrons. The zero-order valence-corrected chi connectivity index (χ0v) is 47.5. The van der Waals surface area contributed by atoms with Gasteiger partial charge in [-0.3, -0.25) is 0 Å².